The fourth-order valence-electron chi connectivity index (χ4n) is 2.22. The summed E-state index contributed by atoms with van der Waals surface area (Å²) in [4.78, 5) is 11.2. The lowest BCUT2D eigenvalue weighted by Gasteiger charge is -2.19. The molecule has 1 amide bonds. The van der Waals surface area contributed by atoms with Crippen LogP contribution in [-0.2, 0) is 11.3 Å². The Bertz CT molecular complexity index is 715. The molecular weight excluding hydrogens is 284 g/mol. The fourth-order valence-corrected chi connectivity index (χ4v) is 2.22. The van der Waals surface area contributed by atoms with Crippen LogP contribution in [-0.4, -0.2) is 24.7 Å². The SMILES string of the molecule is COc1cc(CNc2ccc3c(c2)OCC(=O)N3)ccc1O. The van der Waals surface area contributed by atoms with Gasteiger partial charge in [0.05, 0.1) is 12.8 Å². The van der Waals surface area contributed by atoms with Gasteiger partial charge in [0, 0.05) is 18.3 Å². The minimum atomic E-state index is -0.149. The molecule has 2 aromatic carbocycles. The van der Waals surface area contributed by atoms with E-state index in [1.54, 1.807) is 18.2 Å². The predicted molar refractivity (Wildman–Crippen MR) is 82.6 cm³/mol. The molecule has 0 fully saturated rings. The van der Waals surface area contributed by atoms with Gasteiger partial charge in [-0.2, -0.15) is 0 Å². The van der Waals surface area contributed by atoms with Crippen molar-refractivity contribution in [1.29, 1.82) is 0 Å². The second-order valence-electron chi connectivity index (χ2n) is 4.91. The van der Waals surface area contributed by atoms with Gasteiger partial charge >= 0.3 is 0 Å². The molecule has 0 bridgehead atoms. The second-order valence-corrected chi connectivity index (χ2v) is 4.91. The summed E-state index contributed by atoms with van der Waals surface area (Å²) in [6.45, 7) is 0.605. The first-order chi connectivity index (χ1) is 10.7. The summed E-state index contributed by atoms with van der Waals surface area (Å²) in [5.41, 5.74) is 2.52. The summed E-state index contributed by atoms with van der Waals surface area (Å²) in [6.07, 6.45) is 0. The van der Waals surface area contributed by atoms with Crippen molar-refractivity contribution in [3.05, 3.63) is 42.0 Å². The maximum atomic E-state index is 11.2. The first-order valence-corrected chi connectivity index (χ1v) is 6.82. The van der Waals surface area contributed by atoms with E-state index in [0.717, 1.165) is 11.3 Å². The number of carbonyl (C=O) groups is 1. The van der Waals surface area contributed by atoms with Gasteiger partial charge in [0.2, 0.25) is 0 Å². The number of ether oxygens (including phenoxy) is 2. The summed E-state index contributed by atoms with van der Waals surface area (Å²) >= 11 is 0. The van der Waals surface area contributed by atoms with Crippen LogP contribution < -0.4 is 20.1 Å². The Kier molecular flexibility index (Phi) is 3.74. The van der Waals surface area contributed by atoms with E-state index in [1.165, 1.54) is 7.11 Å². The van der Waals surface area contributed by atoms with Gasteiger partial charge in [-0.25, -0.2) is 0 Å². The maximum absolute atomic E-state index is 11.2. The summed E-state index contributed by atoms with van der Waals surface area (Å²) < 4.78 is 10.5. The average Bonchev–Trinajstić information content (AvgIpc) is 2.54. The zero-order valence-corrected chi connectivity index (χ0v) is 12.1. The standard InChI is InChI=1S/C16H16N2O4/c1-21-15-6-10(2-5-13(15)19)8-17-11-3-4-12-14(7-11)22-9-16(20)18-12/h2-7,17,19H,8-9H2,1H3,(H,18,20). The smallest absolute Gasteiger partial charge is 0.262 e. The van der Waals surface area contributed by atoms with E-state index in [9.17, 15) is 9.90 Å². The number of nitrogens with one attached hydrogen (secondary N) is 2. The lowest BCUT2D eigenvalue weighted by Crippen LogP contribution is -2.25. The minimum Gasteiger partial charge on any atom is -0.504 e. The molecule has 0 atom stereocenters. The van der Waals surface area contributed by atoms with Crippen molar-refractivity contribution in [2.75, 3.05) is 24.4 Å². The number of phenols is 1. The Morgan fingerprint density at radius 1 is 1.32 bits per heavy atom. The van der Waals surface area contributed by atoms with Gasteiger partial charge in [-0.15, -0.1) is 0 Å². The Morgan fingerprint density at radius 2 is 2.18 bits per heavy atom. The minimum absolute atomic E-state index is 0.0333. The highest BCUT2D eigenvalue weighted by Gasteiger charge is 2.15. The first-order valence-electron chi connectivity index (χ1n) is 6.82. The molecule has 3 N–H and O–H groups in total. The van der Waals surface area contributed by atoms with Crippen LogP contribution in [0.5, 0.6) is 17.2 Å². The molecular formula is C16H16N2O4. The Labute approximate surface area is 127 Å². The molecule has 0 unspecified atom stereocenters. The Hall–Kier alpha value is -2.89. The van der Waals surface area contributed by atoms with Gasteiger partial charge in [-0.05, 0) is 29.8 Å². The zero-order valence-electron chi connectivity index (χ0n) is 12.1. The number of rotatable bonds is 4. The first kappa shape index (κ1) is 14.1. The number of hydrogen-bond donors (Lipinski definition) is 3. The van der Waals surface area contributed by atoms with Crippen LogP contribution in [0.15, 0.2) is 36.4 Å². The van der Waals surface area contributed by atoms with Crippen molar-refractivity contribution in [3.8, 4) is 17.2 Å². The number of phenolic OH excluding ortho intramolecular Hbond substituents is 1. The van der Waals surface area contributed by atoms with Gasteiger partial charge in [0.1, 0.15) is 5.75 Å². The molecule has 0 radical (unpaired) electrons. The Morgan fingerprint density at radius 3 is 3.00 bits per heavy atom. The van der Waals surface area contributed by atoms with Gasteiger partial charge < -0.3 is 25.2 Å². The highest BCUT2D eigenvalue weighted by molar-refractivity contribution is 5.95. The number of methoxy groups -OCH3 is 1. The number of fused-ring (bicyclic) bond motifs is 1. The van der Waals surface area contributed by atoms with Crippen LogP contribution in [0, 0.1) is 0 Å². The van der Waals surface area contributed by atoms with Crippen LogP contribution in [0.3, 0.4) is 0 Å². The van der Waals surface area contributed by atoms with E-state index in [2.05, 4.69) is 10.6 Å². The topological polar surface area (TPSA) is 79.8 Å². The lowest BCUT2D eigenvalue weighted by atomic mass is 10.2. The molecule has 2 aromatic rings. The highest BCUT2D eigenvalue weighted by atomic mass is 16.5. The maximum Gasteiger partial charge on any atom is 0.262 e. The molecule has 0 aliphatic carbocycles. The van der Waals surface area contributed by atoms with Crippen molar-refractivity contribution in [2.24, 2.45) is 0 Å². The van der Waals surface area contributed by atoms with Crippen molar-refractivity contribution in [3.63, 3.8) is 0 Å². The molecule has 1 heterocycles. The van der Waals surface area contributed by atoms with E-state index in [-0.39, 0.29) is 18.3 Å². The summed E-state index contributed by atoms with van der Waals surface area (Å²) in [5.74, 6) is 1.05. The molecule has 0 saturated heterocycles. The number of hydrogen-bond acceptors (Lipinski definition) is 5. The second kappa shape index (κ2) is 5.85. The third-order valence-electron chi connectivity index (χ3n) is 3.36. The lowest BCUT2D eigenvalue weighted by molar-refractivity contribution is -0.118. The van der Waals surface area contributed by atoms with Crippen LogP contribution in [0.4, 0.5) is 11.4 Å². The molecule has 0 saturated carbocycles. The molecule has 3 rings (SSSR count). The number of anilines is 2. The molecule has 1 aliphatic heterocycles. The van der Waals surface area contributed by atoms with Crippen LogP contribution in [0.25, 0.3) is 0 Å². The Balaban J connectivity index is 1.70. The van der Waals surface area contributed by atoms with E-state index >= 15 is 0 Å². The largest absolute Gasteiger partial charge is 0.504 e. The van der Waals surface area contributed by atoms with Crippen molar-refractivity contribution in [1.82, 2.24) is 0 Å². The molecule has 0 spiro atoms. The van der Waals surface area contributed by atoms with Crippen LogP contribution in [0.1, 0.15) is 5.56 Å². The third-order valence-corrected chi connectivity index (χ3v) is 3.36. The molecule has 1 aliphatic rings. The third kappa shape index (κ3) is 2.90. The van der Waals surface area contributed by atoms with Gasteiger partial charge in [0.15, 0.2) is 18.1 Å². The van der Waals surface area contributed by atoms with E-state index in [0.29, 0.717) is 23.7 Å². The monoisotopic (exact) mass is 300 g/mol. The number of amides is 1. The van der Waals surface area contributed by atoms with Crippen molar-refractivity contribution in [2.45, 2.75) is 6.54 Å². The van der Waals surface area contributed by atoms with E-state index in [4.69, 9.17) is 9.47 Å². The highest BCUT2D eigenvalue weighted by Crippen LogP contribution is 2.31. The van der Waals surface area contributed by atoms with E-state index in [1.807, 2.05) is 18.2 Å². The van der Waals surface area contributed by atoms with Crippen molar-refractivity contribution >= 4 is 17.3 Å². The predicted octanol–water partition coefficient (Wildman–Crippen LogP) is 2.34. The number of aromatic hydroxyl groups is 1. The molecule has 6 heteroatoms. The summed E-state index contributed by atoms with van der Waals surface area (Å²) in [7, 11) is 1.52. The number of benzene rings is 2. The summed E-state index contributed by atoms with van der Waals surface area (Å²) in [6, 6.07) is 10.7. The van der Waals surface area contributed by atoms with Crippen molar-refractivity contribution < 1.29 is 19.4 Å². The normalized spacial score (nSPS) is 12.9. The molecule has 6 nitrogen and oxygen atoms in total. The zero-order chi connectivity index (χ0) is 15.5. The molecule has 0 aromatic heterocycles. The van der Waals surface area contributed by atoms with Gasteiger partial charge in [-0.1, -0.05) is 6.07 Å². The quantitative estimate of drug-likeness (QED) is 0.807. The van der Waals surface area contributed by atoms with Gasteiger partial charge in [0.25, 0.3) is 5.91 Å². The molecule has 22 heavy (non-hydrogen) atoms. The fraction of sp³-hybridized carbons (Fsp3) is 0.188. The van der Waals surface area contributed by atoms with Gasteiger partial charge in [-0.3, -0.25) is 4.79 Å². The van der Waals surface area contributed by atoms with Crippen LogP contribution in [0.2, 0.25) is 0 Å². The summed E-state index contributed by atoms with van der Waals surface area (Å²) in [5, 5.41) is 15.6. The molecule has 114 valence electrons. The number of carbonyl (C=O) groups excluding carboxylic acids is 1. The average molecular weight is 300 g/mol. The van der Waals surface area contributed by atoms with E-state index < -0.39 is 0 Å². The van der Waals surface area contributed by atoms with Crippen LogP contribution >= 0.6 is 0 Å².